The molecule has 11 heteroatoms. The zero-order chi connectivity index (χ0) is 26.5. The van der Waals surface area contributed by atoms with Gasteiger partial charge in [0.2, 0.25) is 6.54 Å². The lowest BCUT2D eigenvalue weighted by Crippen LogP contribution is -2.39. The molecule has 0 amide bonds. The molecule has 0 spiro atoms. The van der Waals surface area contributed by atoms with Gasteiger partial charge in [-0.2, -0.15) is 0 Å². The lowest BCUT2D eigenvalue weighted by atomic mass is 9.97. The van der Waals surface area contributed by atoms with Gasteiger partial charge in [-0.15, -0.1) is 0 Å². The standard InChI is InChI=1S/C22H40N2O7P2/c1-16(2)24(17(3)4)32(28-14-10-23-6)30-21-9-12-27-22(21)19-7-13-29-33(25,15-19)31-20-8-11-26-18(20)5/h16-22H,7-15H2,1-5H3/t18-,19+,20+,21+,22-,32?,33-/m1/s1/i5D,11T,12T/t11-,12-,18-,19+,20+,21+,22-,32?,33-. The Morgan fingerprint density at radius 1 is 1.24 bits per heavy atom. The normalized spacial score (nSPS) is 41.8. The van der Waals surface area contributed by atoms with Gasteiger partial charge >= 0.3 is 7.60 Å². The lowest BCUT2D eigenvalue weighted by Gasteiger charge is -2.39. The number of rotatable bonds is 11. The van der Waals surface area contributed by atoms with E-state index in [1.807, 2.05) is 0 Å². The third-order valence-corrected chi connectivity index (χ3v) is 10.1. The van der Waals surface area contributed by atoms with Gasteiger partial charge in [0.05, 0.1) is 39.9 Å². The molecular weight excluding hydrogens is 466 g/mol. The molecule has 0 aromatic carbocycles. The minimum Gasteiger partial charge on any atom is -0.376 e. The average Bonchev–Trinajstić information content (AvgIpc) is 3.33. The molecule has 3 rings (SSSR count). The molecule has 3 aliphatic rings. The Balaban J connectivity index is 1.72. The summed E-state index contributed by atoms with van der Waals surface area (Å²) in [5.41, 5.74) is 0. The zero-order valence-corrected chi connectivity index (χ0v) is 21.8. The van der Waals surface area contributed by atoms with Crippen LogP contribution in [0.2, 0.25) is 0 Å². The maximum atomic E-state index is 13.6. The van der Waals surface area contributed by atoms with E-state index in [1.54, 1.807) is 0 Å². The first kappa shape index (κ1) is 23.3. The molecule has 0 aliphatic carbocycles. The number of ether oxygens (including phenoxy) is 2. The van der Waals surface area contributed by atoms with Crippen LogP contribution in [0.5, 0.6) is 0 Å². The van der Waals surface area contributed by atoms with E-state index >= 15 is 0 Å². The van der Waals surface area contributed by atoms with Gasteiger partial charge in [-0.25, -0.2) is 11.2 Å². The van der Waals surface area contributed by atoms with Gasteiger partial charge in [-0.05, 0) is 47.4 Å². The number of hydrogen-bond donors (Lipinski definition) is 0. The summed E-state index contributed by atoms with van der Waals surface area (Å²) in [7, 11) is -5.02. The van der Waals surface area contributed by atoms with Crippen molar-refractivity contribution in [1.82, 2.24) is 4.67 Å². The molecule has 3 fully saturated rings. The first-order valence-corrected chi connectivity index (χ1v) is 14.5. The highest BCUT2D eigenvalue weighted by Crippen LogP contribution is 2.57. The predicted molar refractivity (Wildman–Crippen MR) is 127 cm³/mol. The summed E-state index contributed by atoms with van der Waals surface area (Å²) < 4.78 is 74.9. The van der Waals surface area contributed by atoms with E-state index in [2.05, 4.69) is 37.2 Å². The van der Waals surface area contributed by atoms with Crippen LogP contribution >= 0.6 is 16.1 Å². The molecule has 9 nitrogen and oxygen atoms in total. The predicted octanol–water partition coefficient (Wildman–Crippen LogP) is 4.87. The van der Waals surface area contributed by atoms with E-state index in [0.29, 0.717) is 12.8 Å². The van der Waals surface area contributed by atoms with Crippen molar-refractivity contribution < 1.29 is 36.2 Å². The molecule has 33 heavy (non-hydrogen) atoms. The highest BCUT2D eigenvalue weighted by Gasteiger charge is 2.46. The molecule has 0 radical (unpaired) electrons. The Hall–Kier alpha value is -0.130. The summed E-state index contributed by atoms with van der Waals surface area (Å²) in [5, 5.41) is 0. The van der Waals surface area contributed by atoms with Crippen molar-refractivity contribution in [1.29, 1.82) is 0 Å². The summed E-state index contributed by atoms with van der Waals surface area (Å²) >= 11 is 0. The molecule has 0 bridgehead atoms. The second-order valence-corrected chi connectivity index (χ2v) is 12.5. The minimum atomic E-state index is -3.51. The summed E-state index contributed by atoms with van der Waals surface area (Å²) in [6, 6.07) is 0.292. The number of hydrogen-bond acceptors (Lipinski definition) is 8. The Morgan fingerprint density at radius 2 is 1.97 bits per heavy atom. The maximum absolute atomic E-state index is 13.6. The van der Waals surface area contributed by atoms with Crippen molar-refractivity contribution in [3.63, 3.8) is 0 Å². The van der Waals surface area contributed by atoms with Crippen LogP contribution in [-0.2, 0) is 32.1 Å². The summed E-state index contributed by atoms with van der Waals surface area (Å²) in [6.45, 7) is 14.4. The quantitative estimate of drug-likeness (QED) is 0.221. The number of nitrogens with zero attached hydrogens (tertiary/aromatic N) is 2. The van der Waals surface area contributed by atoms with Gasteiger partial charge in [0, 0.05) is 39.0 Å². The van der Waals surface area contributed by atoms with E-state index < -0.39 is 53.7 Å². The van der Waals surface area contributed by atoms with Crippen molar-refractivity contribution in [2.24, 2.45) is 5.92 Å². The van der Waals surface area contributed by atoms with Crippen LogP contribution in [0.1, 0.15) is 58.0 Å². The van der Waals surface area contributed by atoms with E-state index in [-0.39, 0.29) is 57.2 Å². The first-order chi connectivity index (χ1) is 17.1. The van der Waals surface area contributed by atoms with E-state index in [9.17, 15) is 4.57 Å². The summed E-state index contributed by atoms with van der Waals surface area (Å²) in [4.78, 5) is 3.38. The molecule has 0 saturated carbocycles. The van der Waals surface area contributed by atoms with Crippen LogP contribution in [0.3, 0.4) is 0 Å². The smallest absolute Gasteiger partial charge is 0.331 e. The van der Waals surface area contributed by atoms with Gasteiger partial charge in [0.25, 0.3) is 8.53 Å². The van der Waals surface area contributed by atoms with Crippen LogP contribution in [0, 0.1) is 12.5 Å². The van der Waals surface area contributed by atoms with E-state index in [1.165, 1.54) is 0 Å². The van der Waals surface area contributed by atoms with Gasteiger partial charge in [-0.1, -0.05) is 0 Å². The third-order valence-electron chi connectivity index (χ3n) is 5.84. The molecule has 3 saturated heterocycles. The van der Waals surface area contributed by atoms with Crippen molar-refractivity contribution in [3.8, 4) is 0 Å². The monoisotopic (exact) mass is 511 g/mol. The Labute approximate surface area is 204 Å². The largest absolute Gasteiger partial charge is 0.376 e. The van der Waals surface area contributed by atoms with E-state index in [4.69, 9.17) is 38.3 Å². The molecule has 1 unspecified atom stereocenters. The second kappa shape index (κ2) is 12.7. The van der Waals surface area contributed by atoms with Crippen LogP contribution in [0.15, 0.2) is 0 Å². The maximum Gasteiger partial charge on any atom is 0.331 e. The summed E-state index contributed by atoms with van der Waals surface area (Å²) in [5.74, 6) is -0.208. The van der Waals surface area contributed by atoms with Crippen LogP contribution in [-0.4, -0.2) is 80.3 Å². The van der Waals surface area contributed by atoms with Crippen molar-refractivity contribution >= 4 is 16.1 Å². The summed E-state index contributed by atoms with van der Waals surface area (Å²) in [6.07, 6.45) is -0.825. The van der Waals surface area contributed by atoms with Crippen molar-refractivity contribution in [3.05, 3.63) is 11.4 Å². The highest BCUT2D eigenvalue weighted by molar-refractivity contribution is 7.53. The fraction of sp³-hybridized carbons (Fsp3) is 0.955. The van der Waals surface area contributed by atoms with Gasteiger partial charge in [0.15, 0.2) is 0 Å². The Bertz CT molecular complexity index is 785. The molecule has 0 N–H and O–H groups in total. The molecule has 9 atom stereocenters. The zero-order valence-electron chi connectivity index (χ0n) is 23.0. The topological polar surface area (TPSA) is 80.1 Å². The minimum absolute atomic E-state index is 0.0785. The Morgan fingerprint density at radius 3 is 2.67 bits per heavy atom. The molecular formula is C22H40N2O7P2. The second-order valence-electron chi connectivity index (χ2n) is 9.06. The fourth-order valence-corrected chi connectivity index (χ4v) is 8.32. The molecule has 3 aliphatic heterocycles. The fourth-order valence-electron chi connectivity index (χ4n) is 4.35. The van der Waals surface area contributed by atoms with Gasteiger partial charge in [0.1, 0.15) is 6.61 Å². The van der Waals surface area contributed by atoms with E-state index in [0.717, 1.165) is 0 Å². The first-order valence-electron chi connectivity index (χ1n) is 13.5. The van der Waals surface area contributed by atoms with Crippen molar-refractivity contribution in [2.45, 2.75) is 90.4 Å². The van der Waals surface area contributed by atoms with Gasteiger partial charge < -0.3 is 32.4 Å². The average molecular weight is 512 g/mol. The Kier molecular flexibility index (Phi) is 8.97. The lowest BCUT2D eigenvalue weighted by molar-refractivity contribution is -0.00650. The third kappa shape index (κ3) is 7.43. The molecule has 0 aromatic heterocycles. The SMILES string of the molecule is [2H]C[C@H]1O[C@H]([3H])C[C@@H]1O[P@@]1(=O)C[C@@H]([C@H]2O[C@H]([3H])C[C@@H]2OP(OCC[N+]#[C-])N(C(C)C)C(C)C)CCO1. The van der Waals surface area contributed by atoms with Gasteiger partial charge in [-0.3, -0.25) is 4.57 Å². The highest BCUT2D eigenvalue weighted by atomic mass is 31.2. The molecule has 190 valence electrons. The van der Waals surface area contributed by atoms with Crippen LogP contribution < -0.4 is 0 Å². The molecule has 3 heterocycles. The van der Waals surface area contributed by atoms with Crippen LogP contribution in [0.25, 0.3) is 4.85 Å². The molecule has 0 aromatic rings. The van der Waals surface area contributed by atoms with Crippen molar-refractivity contribution in [2.75, 3.05) is 39.1 Å². The van der Waals surface area contributed by atoms with Crippen LogP contribution in [0.4, 0.5) is 0 Å².